The molecule has 0 aliphatic carbocycles. The van der Waals surface area contributed by atoms with E-state index in [0.29, 0.717) is 12.1 Å². The fourth-order valence-electron chi connectivity index (χ4n) is 1.54. The van der Waals surface area contributed by atoms with Crippen molar-refractivity contribution in [1.82, 2.24) is 5.43 Å². The van der Waals surface area contributed by atoms with E-state index in [0.717, 1.165) is 6.07 Å². The quantitative estimate of drug-likeness (QED) is 0.493. The third-order valence-corrected chi connectivity index (χ3v) is 2.40. The van der Waals surface area contributed by atoms with Gasteiger partial charge in [-0.3, -0.25) is 5.84 Å². The summed E-state index contributed by atoms with van der Waals surface area (Å²) in [5.74, 6) is 4.79. The van der Waals surface area contributed by atoms with E-state index in [2.05, 4.69) is 0 Å². The van der Waals surface area contributed by atoms with Crippen molar-refractivity contribution in [3.63, 3.8) is 0 Å². The predicted molar refractivity (Wildman–Crippen MR) is 52.3 cm³/mol. The molecule has 0 bridgehead atoms. The van der Waals surface area contributed by atoms with Crippen LogP contribution in [0.15, 0.2) is 18.2 Å². The third kappa shape index (κ3) is 3.14. The summed E-state index contributed by atoms with van der Waals surface area (Å²) in [6.07, 6.45) is -9.27. The lowest BCUT2D eigenvalue weighted by atomic mass is 9.98. The van der Waals surface area contributed by atoms with Crippen LogP contribution in [0.1, 0.15) is 22.7 Å². The second-order valence-electron chi connectivity index (χ2n) is 3.71. The highest BCUT2D eigenvalue weighted by molar-refractivity contribution is 5.35. The maximum absolute atomic E-state index is 12.6. The lowest BCUT2D eigenvalue weighted by molar-refractivity contribution is -0.158. The van der Waals surface area contributed by atoms with Crippen LogP contribution < -0.4 is 11.3 Å². The number of nitrogens with two attached hydrogens (primary N) is 1. The van der Waals surface area contributed by atoms with Crippen LogP contribution in [-0.2, 0) is 6.18 Å². The molecule has 1 unspecified atom stereocenters. The van der Waals surface area contributed by atoms with Gasteiger partial charge >= 0.3 is 12.4 Å². The largest absolute Gasteiger partial charge is 0.416 e. The van der Waals surface area contributed by atoms with Crippen LogP contribution in [0.5, 0.6) is 0 Å². The van der Waals surface area contributed by atoms with Crippen molar-refractivity contribution in [2.75, 3.05) is 0 Å². The summed E-state index contributed by atoms with van der Waals surface area (Å²) in [5, 5.41) is 0. The van der Waals surface area contributed by atoms with Crippen molar-refractivity contribution in [1.29, 1.82) is 0 Å². The fraction of sp³-hybridized carbons (Fsp3) is 0.400. The number of hydrogen-bond donors (Lipinski definition) is 2. The first-order chi connectivity index (χ1) is 8.07. The topological polar surface area (TPSA) is 38.0 Å². The molecule has 0 aliphatic rings. The van der Waals surface area contributed by atoms with E-state index < -0.39 is 24.0 Å². The Kier molecular flexibility index (Phi) is 3.92. The minimum atomic E-state index is -4.68. The molecule has 18 heavy (non-hydrogen) atoms. The van der Waals surface area contributed by atoms with Gasteiger partial charge in [-0.15, -0.1) is 0 Å². The number of rotatable bonds is 2. The fourth-order valence-corrected chi connectivity index (χ4v) is 1.54. The normalized spacial score (nSPS) is 14.7. The molecule has 0 aromatic heterocycles. The molecule has 0 amide bonds. The van der Waals surface area contributed by atoms with Gasteiger partial charge in [0.15, 0.2) is 0 Å². The smallest absolute Gasteiger partial charge is 0.271 e. The second kappa shape index (κ2) is 4.77. The predicted octanol–water partition coefficient (Wildman–Crippen LogP) is 3.08. The first-order valence-corrected chi connectivity index (χ1v) is 4.78. The summed E-state index contributed by atoms with van der Waals surface area (Å²) in [6, 6.07) is -0.167. The van der Waals surface area contributed by atoms with Gasteiger partial charge in [0.2, 0.25) is 0 Å². The Morgan fingerprint density at radius 2 is 1.67 bits per heavy atom. The third-order valence-electron chi connectivity index (χ3n) is 2.40. The highest BCUT2D eigenvalue weighted by Gasteiger charge is 2.41. The lowest BCUT2D eigenvalue weighted by Gasteiger charge is -2.22. The van der Waals surface area contributed by atoms with Gasteiger partial charge in [-0.1, -0.05) is 6.07 Å². The van der Waals surface area contributed by atoms with Gasteiger partial charge in [-0.2, -0.15) is 26.3 Å². The first kappa shape index (κ1) is 14.8. The molecule has 2 nitrogen and oxygen atoms in total. The summed E-state index contributed by atoms with van der Waals surface area (Å²) in [4.78, 5) is 0. The highest BCUT2D eigenvalue weighted by Crippen LogP contribution is 2.36. The van der Waals surface area contributed by atoms with E-state index >= 15 is 0 Å². The number of halogens is 6. The zero-order valence-electron chi connectivity index (χ0n) is 9.15. The Balaban J connectivity index is 3.21. The van der Waals surface area contributed by atoms with Crippen LogP contribution >= 0.6 is 0 Å². The van der Waals surface area contributed by atoms with E-state index in [1.54, 1.807) is 5.43 Å². The van der Waals surface area contributed by atoms with Gasteiger partial charge in [0.05, 0.1) is 5.56 Å². The van der Waals surface area contributed by atoms with Crippen molar-refractivity contribution in [3.05, 3.63) is 34.9 Å². The number of benzene rings is 1. The van der Waals surface area contributed by atoms with Crippen molar-refractivity contribution in [2.24, 2.45) is 5.84 Å². The molecular formula is C10H10F6N2. The number of hydrogen-bond acceptors (Lipinski definition) is 2. The Bertz CT molecular complexity index is 423. The molecular weight excluding hydrogens is 262 g/mol. The molecule has 0 heterocycles. The molecule has 8 heteroatoms. The summed E-state index contributed by atoms with van der Waals surface area (Å²) < 4.78 is 74.7. The lowest BCUT2D eigenvalue weighted by Crippen LogP contribution is -2.38. The molecule has 3 N–H and O–H groups in total. The maximum atomic E-state index is 12.6. The number of nitrogens with one attached hydrogen (secondary N) is 1. The summed E-state index contributed by atoms with van der Waals surface area (Å²) >= 11 is 0. The van der Waals surface area contributed by atoms with Crippen LogP contribution in [0.4, 0.5) is 26.3 Å². The summed E-state index contributed by atoms with van der Waals surface area (Å²) in [5.41, 5.74) is 0.0833. The molecule has 1 aromatic carbocycles. The molecule has 0 saturated carbocycles. The molecule has 1 aromatic rings. The number of alkyl halides is 6. The molecule has 0 spiro atoms. The van der Waals surface area contributed by atoms with Gasteiger partial charge in [-0.05, 0) is 30.2 Å². The average molecular weight is 272 g/mol. The number of aryl methyl sites for hydroxylation is 1. The minimum absolute atomic E-state index is 0.134. The molecule has 1 atom stereocenters. The average Bonchev–Trinajstić information content (AvgIpc) is 2.17. The van der Waals surface area contributed by atoms with Gasteiger partial charge in [0.1, 0.15) is 6.04 Å². The van der Waals surface area contributed by atoms with E-state index in [9.17, 15) is 26.3 Å². The Hall–Kier alpha value is -1.28. The summed E-state index contributed by atoms with van der Waals surface area (Å²) in [7, 11) is 0. The van der Waals surface area contributed by atoms with Gasteiger partial charge in [0.25, 0.3) is 0 Å². The van der Waals surface area contributed by atoms with E-state index in [1.165, 1.54) is 6.92 Å². The zero-order chi connectivity index (χ0) is 14.1. The zero-order valence-corrected chi connectivity index (χ0v) is 9.15. The van der Waals surface area contributed by atoms with Crippen LogP contribution in [0.2, 0.25) is 0 Å². The molecule has 0 aliphatic heterocycles. The van der Waals surface area contributed by atoms with E-state index in [4.69, 9.17) is 5.84 Å². The maximum Gasteiger partial charge on any atom is 0.416 e. The Morgan fingerprint density at radius 3 is 2.00 bits per heavy atom. The van der Waals surface area contributed by atoms with Gasteiger partial charge in [-0.25, -0.2) is 5.43 Å². The Labute approximate surface area is 98.7 Å². The molecule has 102 valence electrons. The number of hydrazine groups is 1. The molecule has 0 fully saturated rings. The molecule has 0 radical (unpaired) electrons. The van der Waals surface area contributed by atoms with Gasteiger partial charge in [0, 0.05) is 0 Å². The SMILES string of the molecule is Cc1cc(C(F)(F)F)ccc1C(NN)C(F)(F)F. The van der Waals surface area contributed by atoms with Crippen LogP contribution in [-0.4, -0.2) is 6.18 Å². The van der Waals surface area contributed by atoms with E-state index in [-0.39, 0.29) is 11.1 Å². The van der Waals surface area contributed by atoms with Crippen LogP contribution in [0.25, 0.3) is 0 Å². The highest BCUT2D eigenvalue weighted by atomic mass is 19.4. The van der Waals surface area contributed by atoms with Crippen molar-refractivity contribution in [3.8, 4) is 0 Å². The van der Waals surface area contributed by atoms with Crippen LogP contribution in [0, 0.1) is 6.92 Å². The van der Waals surface area contributed by atoms with Crippen molar-refractivity contribution >= 4 is 0 Å². The monoisotopic (exact) mass is 272 g/mol. The molecule has 0 saturated heterocycles. The minimum Gasteiger partial charge on any atom is -0.271 e. The standard InChI is InChI=1S/C10H10F6N2/c1-5-4-6(9(11,12)13)2-3-7(5)8(18-17)10(14,15)16/h2-4,8,18H,17H2,1H3. The van der Waals surface area contributed by atoms with Crippen molar-refractivity contribution in [2.45, 2.75) is 25.3 Å². The van der Waals surface area contributed by atoms with Gasteiger partial charge < -0.3 is 0 Å². The summed E-state index contributed by atoms with van der Waals surface area (Å²) in [6.45, 7) is 1.17. The molecule has 1 rings (SSSR count). The van der Waals surface area contributed by atoms with Crippen molar-refractivity contribution < 1.29 is 26.3 Å². The van der Waals surface area contributed by atoms with Crippen LogP contribution in [0.3, 0.4) is 0 Å². The Morgan fingerprint density at radius 1 is 1.11 bits per heavy atom. The van der Waals surface area contributed by atoms with E-state index in [1.807, 2.05) is 0 Å². The first-order valence-electron chi connectivity index (χ1n) is 4.78. The second-order valence-corrected chi connectivity index (χ2v) is 3.71.